The van der Waals surface area contributed by atoms with Crippen LogP contribution in [0.3, 0.4) is 0 Å². The van der Waals surface area contributed by atoms with E-state index in [2.05, 4.69) is 5.73 Å². The Labute approximate surface area is 99.7 Å². The van der Waals surface area contributed by atoms with Crippen LogP contribution in [-0.4, -0.2) is 36.9 Å². The second-order valence-corrected chi connectivity index (χ2v) is 3.84. The van der Waals surface area contributed by atoms with Crippen LogP contribution < -0.4 is 16.8 Å². The van der Waals surface area contributed by atoms with E-state index in [9.17, 15) is 31.1 Å². The van der Waals surface area contributed by atoms with E-state index in [1.165, 1.54) is 13.8 Å². The molecule has 0 aliphatic carbocycles. The zero-order valence-electron chi connectivity index (χ0n) is 9.74. The molecule has 0 atom stereocenters. The van der Waals surface area contributed by atoms with Gasteiger partial charge in [0.1, 0.15) is 6.54 Å². The summed E-state index contributed by atoms with van der Waals surface area (Å²) in [5.74, 6) is -0.820. The fraction of sp³-hybridized carbons (Fsp3) is 0.875. The van der Waals surface area contributed by atoms with Gasteiger partial charge >= 0.3 is 12.4 Å². The first kappa shape index (κ1) is 19.3. The van der Waals surface area contributed by atoms with Gasteiger partial charge in [-0.2, -0.15) is 26.3 Å². The van der Waals surface area contributed by atoms with E-state index in [0.29, 0.717) is 0 Å². The molecule has 0 aromatic carbocycles. The van der Waals surface area contributed by atoms with Crippen LogP contribution in [-0.2, 0) is 4.79 Å². The van der Waals surface area contributed by atoms with Crippen molar-refractivity contribution in [2.45, 2.75) is 31.7 Å². The topological polar surface area (TPSA) is 81.1 Å². The molecular weight excluding hydrogens is 268 g/mol. The standard InChI is InChI=1S/C6H11F3N2O.C2H4F3N/c1-5(2,10)4(12)11-3-6(7,8)9;3-2(4,5)1-6/h3,10H2,1-2H3,(H,11,12);1,6H2. The van der Waals surface area contributed by atoms with E-state index >= 15 is 0 Å². The highest BCUT2D eigenvalue weighted by atomic mass is 19.4. The lowest BCUT2D eigenvalue weighted by molar-refractivity contribution is -0.140. The molecule has 0 spiro atoms. The Hall–Kier alpha value is -1.03. The molecule has 0 aliphatic heterocycles. The van der Waals surface area contributed by atoms with Gasteiger partial charge in [-0.25, -0.2) is 0 Å². The molecule has 18 heavy (non-hydrogen) atoms. The molecule has 0 aliphatic rings. The molecule has 0 bridgehead atoms. The summed E-state index contributed by atoms with van der Waals surface area (Å²) in [5, 5.41) is 1.67. The van der Waals surface area contributed by atoms with Gasteiger partial charge in [-0.3, -0.25) is 4.79 Å². The summed E-state index contributed by atoms with van der Waals surface area (Å²) < 4.78 is 66.6. The van der Waals surface area contributed by atoms with E-state index in [1.54, 1.807) is 5.32 Å². The van der Waals surface area contributed by atoms with Gasteiger partial charge in [0, 0.05) is 0 Å². The lowest BCUT2D eigenvalue weighted by Crippen LogP contribution is -2.51. The molecule has 0 saturated heterocycles. The maximum absolute atomic E-state index is 11.5. The van der Waals surface area contributed by atoms with Gasteiger partial charge in [0.25, 0.3) is 0 Å². The number of hydrogen-bond acceptors (Lipinski definition) is 3. The number of nitrogens with one attached hydrogen (secondary N) is 1. The zero-order valence-corrected chi connectivity index (χ0v) is 9.74. The number of halogens is 6. The molecule has 0 aromatic heterocycles. The number of amides is 1. The van der Waals surface area contributed by atoms with Crippen LogP contribution in [0.5, 0.6) is 0 Å². The minimum Gasteiger partial charge on any atom is -0.345 e. The van der Waals surface area contributed by atoms with Crippen LogP contribution in [0.4, 0.5) is 26.3 Å². The van der Waals surface area contributed by atoms with Gasteiger partial charge in [0.2, 0.25) is 5.91 Å². The van der Waals surface area contributed by atoms with Gasteiger partial charge in [0.05, 0.1) is 12.1 Å². The Kier molecular flexibility index (Phi) is 7.28. The fourth-order valence-electron chi connectivity index (χ4n) is 0.408. The normalized spacial score (nSPS) is 12.6. The predicted octanol–water partition coefficient (Wildman–Crippen LogP) is 0.910. The largest absolute Gasteiger partial charge is 0.405 e. The molecule has 10 heteroatoms. The Bertz CT molecular complexity index is 255. The summed E-state index contributed by atoms with van der Waals surface area (Å²) in [6.45, 7) is 0.0941. The van der Waals surface area contributed by atoms with Crippen molar-refractivity contribution in [3.05, 3.63) is 0 Å². The highest BCUT2D eigenvalue weighted by Crippen LogP contribution is 2.12. The highest BCUT2D eigenvalue weighted by molar-refractivity contribution is 5.85. The van der Waals surface area contributed by atoms with Crippen LogP contribution in [0.2, 0.25) is 0 Å². The highest BCUT2D eigenvalue weighted by Gasteiger charge is 2.30. The molecule has 0 rings (SSSR count). The van der Waals surface area contributed by atoms with E-state index < -0.39 is 36.9 Å². The summed E-state index contributed by atoms with van der Waals surface area (Å²) >= 11 is 0. The van der Waals surface area contributed by atoms with Gasteiger partial charge in [-0.1, -0.05) is 0 Å². The van der Waals surface area contributed by atoms with Crippen LogP contribution in [0, 0.1) is 0 Å². The molecule has 0 unspecified atom stereocenters. The third kappa shape index (κ3) is 15.0. The maximum Gasteiger partial charge on any atom is 0.405 e. The van der Waals surface area contributed by atoms with Crippen LogP contribution in [0.15, 0.2) is 0 Å². The molecule has 0 heterocycles. The zero-order chi connectivity index (χ0) is 15.2. The average Bonchev–Trinajstić information content (AvgIpc) is 2.11. The van der Waals surface area contributed by atoms with E-state index in [1.807, 2.05) is 0 Å². The molecule has 5 N–H and O–H groups in total. The fourth-order valence-corrected chi connectivity index (χ4v) is 0.408. The summed E-state index contributed by atoms with van der Waals surface area (Å²) in [6, 6.07) is 0. The first-order chi connectivity index (χ1) is 7.69. The Balaban J connectivity index is 0. The van der Waals surface area contributed by atoms with Gasteiger partial charge in [-0.15, -0.1) is 0 Å². The second-order valence-electron chi connectivity index (χ2n) is 3.84. The van der Waals surface area contributed by atoms with Crippen molar-refractivity contribution in [3.63, 3.8) is 0 Å². The van der Waals surface area contributed by atoms with Crippen molar-refractivity contribution in [2.75, 3.05) is 13.1 Å². The van der Waals surface area contributed by atoms with Gasteiger partial charge < -0.3 is 16.8 Å². The Morgan fingerprint density at radius 3 is 1.56 bits per heavy atom. The quantitative estimate of drug-likeness (QED) is 0.659. The summed E-state index contributed by atoms with van der Waals surface area (Å²) in [5.41, 5.74) is 8.14. The summed E-state index contributed by atoms with van der Waals surface area (Å²) in [7, 11) is 0. The number of rotatable bonds is 2. The third-order valence-electron chi connectivity index (χ3n) is 1.27. The molecule has 4 nitrogen and oxygen atoms in total. The lowest BCUT2D eigenvalue weighted by atomic mass is 10.1. The number of alkyl halides is 6. The van der Waals surface area contributed by atoms with Crippen LogP contribution in [0.1, 0.15) is 13.8 Å². The van der Waals surface area contributed by atoms with Crippen molar-refractivity contribution in [1.29, 1.82) is 0 Å². The van der Waals surface area contributed by atoms with E-state index in [-0.39, 0.29) is 0 Å². The van der Waals surface area contributed by atoms with Crippen molar-refractivity contribution < 1.29 is 31.1 Å². The second kappa shape index (κ2) is 6.78. The van der Waals surface area contributed by atoms with Crippen molar-refractivity contribution >= 4 is 5.91 Å². The summed E-state index contributed by atoms with van der Waals surface area (Å²) in [4.78, 5) is 10.8. The van der Waals surface area contributed by atoms with Crippen molar-refractivity contribution in [3.8, 4) is 0 Å². The first-order valence-corrected chi connectivity index (χ1v) is 4.60. The average molecular weight is 283 g/mol. The number of carbonyl (C=O) groups excluding carboxylic acids is 1. The predicted molar refractivity (Wildman–Crippen MR) is 52.4 cm³/mol. The number of carbonyl (C=O) groups is 1. The molecular formula is C8H15F6N3O. The van der Waals surface area contributed by atoms with Crippen LogP contribution in [0.25, 0.3) is 0 Å². The minimum absolute atomic E-state index is 0.820. The Morgan fingerprint density at radius 2 is 1.39 bits per heavy atom. The first-order valence-electron chi connectivity index (χ1n) is 4.60. The summed E-state index contributed by atoms with van der Waals surface area (Å²) in [6.07, 6.45) is -8.57. The SMILES string of the molecule is CC(C)(N)C(=O)NCC(F)(F)F.NCC(F)(F)F. The lowest BCUT2D eigenvalue weighted by Gasteiger charge is -2.18. The van der Waals surface area contributed by atoms with E-state index in [4.69, 9.17) is 5.73 Å². The molecule has 0 saturated carbocycles. The van der Waals surface area contributed by atoms with Gasteiger partial charge in [-0.05, 0) is 13.8 Å². The molecule has 0 radical (unpaired) electrons. The molecule has 0 aromatic rings. The molecule has 1 amide bonds. The molecule has 110 valence electrons. The van der Waals surface area contributed by atoms with Crippen LogP contribution >= 0.6 is 0 Å². The number of nitrogens with two attached hydrogens (primary N) is 2. The monoisotopic (exact) mass is 283 g/mol. The van der Waals surface area contributed by atoms with Gasteiger partial charge in [0.15, 0.2) is 0 Å². The number of hydrogen-bond donors (Lipinski definition) is 3. The Morgan fingerprint density at radius 1 is 1.06 bits per heavy atom. The third-order valence-corrected chi connectivity index (χ3v) is 1.27. The molecule has 0 fully saturated rings. The van der Waals surface area contributed by atoms with Crippen molar-refractivity contribution in [2.24, 2.45) is 11.5 Å². The van der Waals surface area contributed by atoms with E-state index in [0.717, 1.165) is 0 Å². The maximum atomic E-state index is 11.5. The smallest absolute Gasteiger partial charge is 0.345 e. The minimum atomic E-state index is -4.39. The van der Waals surface area contributed by atoms with Crippen molar-refractivity contribution in [1.82, 2.24) is 5.32 Å².